The molecule has 0 aromatic carbocycles. The van der Waals surface area contributed by atoms with E-state index >= 15 is 0 Å². The minimum Gasteiger partial charge on any atom is -0.444 e. The molecule has 1 heterocycles. The van der Waals surface area contributed by atoms with E-state index < -0.39 is 53.5 Å². The third-order valence-electron chi connectivity index (χ3n) is 3.95. The molecule has 13 heteroatoms. The molecule has 0 atom stereocenters. The predicted molar refractivity (Wildman–Crippen MR) is 124 cm³/mol. The Morgan fingerprint density at radius 3 is 1.60 bits per heavy atom. The van der Waals surface area contributed by atoms with Gasteiger partial charge in [-0.3, -0.25) is 14.4 Å². The van der Waals surface area contributed by atoms with Crippen molar-refractivity contribution in [2.75, 3.05) is 26.2 Å². The number of carbonyl (C=O) groups excluding carboxylic acids is 6. The van der Waals surface area contributed by atoms with Gasteiger partial charge in [-0.25, -0.2) is 14.4 Å². The van der Waals surface area contributed by atoms with E-state index in [4.69, 9.17) is 14.3 Å². The van der Waals surface area contributed by atoms with Crippen molar-refractivity contribution >= 4 is 35.9 Å². The molecule has 1 aliphatic heterocycles. The van der Waals surface area contributed by atoms with Crippen molar-refractivity contribution < 1.29 is 43.1 Å². The van der Waals surface area contributed by atoms with Crippen molar-refractivity contribution in [3.05, 3.63) is 0 Å². The second-order valence-corrected chi connectivity index (χ2v) is 9.46. The lowest BCUT2D eigenvalue weighted by atomic mass is 10.2. The molecule has 1 rings (SSSR count). The van der Waals surface area contributed by atoms with Gasteiger partial charge in [0.05, 0.1) is 0 Å². The van der Waals surface area contributed by atoms with Gasteiger partial charge in [0.25, 0.3) is 11.8 Å². The Bertz CT molecular complexity index is 750. The van der Waals surface area contributed by atoms with Crippen LogP contribution >= 0.6 is 0 Å². The Labute approximate surface area is 205 Å². The maximum absolute atomic E-state index is 12.6. The molecule has 2 N–H and O–H groups in total. The smallest absolute Gasteiger partial charge is 0.407 e. The lowest BCUT2D eigenvalue weighted by molar-refractivity contribution is -0.198. The van der Waals surface area contributed by atoms with Crippen LogP contribution in [0.3, 0.4) is 0 Å². The SMILES string of the molecule is C.CC(C)(C)OC(=O)NCCN(CCNC(=O)OC(C)(C)C)C(=O)CC(=O)ON1C(=O)CCC1=O. The highest BCUT2D eigenvalue weighted by Gasteiger charge is 2.33. The van der Waals surface area contributed by atoms with Crippen LogP contribution in [0.25, 0.3) is 0 Å². The van der Waals surface area contributed by atoms with E-state index in [0.717, 1.165) is 0 Å². The quantitative estimate of drug-likeness (QED) is 0.351. The molecule has 0 aromatic heterocycles. The summed E-state index contributed by atoms with van der Waals surface area (Å²) in [7, 11) is 0. The maximum atomic E-state index is 12.6. The Balaban J connectivity index is 0.0000116. The molecule has 13 nitrogen and oxygen atoms in total. The highest BCUT2D eigenvalue weighted by molar-refractivity contribution is 6.02. The summed E-state index contributed by atoms with van der Waals surface area (Å²) in [4.78, 5) is 77.5. The highest BCUT2D eigenvalue weighted by atomic mass is 16.7. The summed E-state index contributed by atoms with van der Waals surface area (Å²) in [6.07, 6.45) is -2.26. The number of hydrogen-bond acceptors (Lipinski definition) is 9. The fraction of sp³-hybridized carbons (Fsp3) is 0.727. The average molecular weight is 503 g/mol. The second kappa shape index (κ2) is 13.5. The van der Waals surface area contributed by atoms with Gasteiger partial charge in [-0.1, -0.05) is 7.43 Å². The summed E-state index contributed by atoms with van der Waals surface area (Å²) >= 11 is 0. The van der Waals surface area contributed by atoms with Gasteiger partial charge in [-0.05, 0) is 41.5 Å². The van der Waals surface area contributed by atoms with Crippen LogP contribution in [0.2, 0.25) is 0 Å². The molecule has 1 fully saturated rings. The largest absolute Gasteiger partial charge is 0.444 e. The van der Waals surface area contributed by atoms with Crippen molar-refractivity contribution in [2.45, 2.75) is 79.4 Å². The molecular formula is C22H38N4O9. The van der Waals surface area contributed by atoms with Crippen molar-refractivity contribution in [3.63, 3.8) is 0 Å². The van der Waals surface area contributed by atoms with Crippen molar-refractivity contribution in [3.8, 4) is 0 Å². The van der Waals surface area contributed by atoms with E-state index in [-0.39, 0.29) is 46.4 Å². The van der Waals surface area contributed by atoms with Crippen molar-refractivity contribution in [1.82, 2.24) is 20.6 Å². The number of nitrogens with one attached hydrogen (secondary N) is 2. The summed E-state index contributed by atoms with van der Waals surface area (Å²) in [5.41, 5.74) is -1.41. The average Bonchev–Trinajstić information content (AvgIpc) is 2.95. The minimum atomic E-state index is -1.08. The first-order valence-corrected chi connectivity index (χ1v) is 10.9. The molecular weight excluding hydrogens is 464 g/mol. The standard InChI is InChI=1S/C21H34N4O9.CH4/c1-20(2,3)32-18(30)22-9-11-24(12-10-23-19(31)33-21(4,5)6)16(28)13-17(29)34-25-14(26)7-8-15(25)27;/h7-13H2,1-6H3,(H,22,30)(H,23,31);1H4. The molecule has 35 heavy (non-hydrogen) atoms. The second-order valence-electron chi connectivity index (χ2n) is 9.46. The fourth-order valence-corrected chi connectivity index (χ4v) is 2.60. The molecule has 5 amide bonds. The summed E-state index contributed by atoms with van der Waals surface area (Å²) in [5, 5.41) is 5.35. The monoisotopic (exact) mass is 502 g/mol. The first kappa shape index (κ1) is 31.6. The Morgan fingerprint density at radius 2 is 1.23 bits per heavy atom. The van der Waals surface area contributed by atoms with Gasteiger partial charge < -0.3 is 29.8 Å². The number of hydroxylamine groups is 2. The number of amides is 5. The number of hydrogen-bond donors (Lipinski definition) is 2. The zero-order valence-corrected chi connectivity index (χ0v) is 20.5. The summed E-state index contributed by atoms with van der Waals surface area (Å²) in [6, 6.07) is 0. The third-order valence-corrected chi connectivity index (χ3v) is 3.95. The van der Waals surface area contributed by atoms with Crippen molar-refractivity contribution in [1.29, 1.82) is 0 Å². The molecule has 0 aliphatic carbocycles. The molecule has 200 valence electrons. The van der Waals surface area contributed by atoms with Crippen LogP contribution in [0.15, 0.2) is 0 Å². The Hall–Kier alpha value is -3.38. The lowest BCUT2D eigenvalue weighted by Gasteiger charge is -2.25. The van der Waals surface area contributed by atoms with Crippen molar-refractivity contribution in [2.24, 2.45) is 0 Å². The predicted octanol–water partition coefficient (Wildman–Crippen LogP) is 1.50. The first-order chi connectivity index (χ1) is 15.6. The molecule has 1 aliphatic rings. The number of ether oxygens (including phenoxy) is 2. The number of rotatable bonds is 9. The lowest BCUT2D eigenvalue weighted by Crippen LogP contribution is -2.45. The fourth-order valence-electron chi connectivity index (χ4n) is 2.60. The summed E-state index contributed by atoms with van der Waals surface area (Å²) < 4.78 is 10.3. The topological polar surface area (TPSA) is 161 Å². The zero-order chi connectivity index (χ0) is 26.1. The van der Waals surface area contributed by atoms with Gasteiger partial charge in [0.15, 0.2) is 0 Å². The molecule has 0 saturated carbocycles. The first-order valence-electron chi connectivity index (χ1n) is 10.9. The van der Waals surface area contributed by atoms with Crippen LogP contribution in [0, 0.1) is 0 Å². The van der Waals surface area contributed by atoms with E-state index in [0.29, 0.717) is 5.06 Å². The van der Waals surface area contributed by atoms with Crippen LogP contribution < -0.4 is 10.6 Å². The van der Waals surface area contributed by atoms with Crippen LogP contribution in [0.4, 0.5) is 9.59 Å². The van der Waals surface area contributed by atoms with E-state index in [2.05, 4.69) is 10.6 Å². The number of carbonyl (C=O) groups is 6. The van der Waals surface area contributed by atoms with Gasteiger partial charge in [0.2, 0.25) is 5.91 Å². The van der Waals surface area contributed by atoms with E-state index in [1.165, 1.54) is 4.90 Å². The maximum Gasteiger partial charge on any atom is 0.407 e. The third kappa shape index (κ3) is 13.2. The van der Waals surface area contributed by atoms with E-state index in [1.807, 2.05) is 0 Å². The number of alkyl carbamates (subject to hydrolysis) is 2. The van der Waals surface area contributed by atoms with Gasteiger partial charge in [-0.2, -0.15) is 0 Å². The molecule has 0 aromatic rings. The normalized spacial score (nSPS) is 13.5. The molecule has 0 spiro atoms. The Kier molecular flexibility index (Phi) is 12.2. The Morgan fingerprint density at radius 1 is 0.829 bits per heavy atom. The van der Waals surface area contributed by atoms with Gasteiger partial charge in [-0.15, -0.1) is 5.06 Å². The van der Waals surface area contributed by atoms with Crippen LogP contribution in [0.1, 0.15) is 68.2 Å². The summed E-state index contributed by atoms with van der Waals surface area (Å²) in [6.45, 7) is 10.2. The van der Waals surface area contributed by atoms with Crippen LogP contribution in [0.5, 0.6) is 0 Å². The molecule has 1 saturated heterocycles. The van der Waals surface area contributed by atoms with Gasteiger partial charge in [0.1, 0.15) is 17.6 Å². The van der Waals surface area contributed by atoms with Gasteiger partial charge >= 0.3 is 18.2 Å². The molecule has 0 radical (unpaired) electrons. The van der Waals surface area contributed by atoms with Crippen LogP contribution in [-0.4, -0.2) is 83.2 Å². The van der Waals surface area contributed by atoms with Gasteiger partial charge in [0, 0.05) is 39.0 Å². The van der Waals surface area contributed by atoms with E-state index in [9.17, 15) is 28.8 Å². The molecule has 0 unspecified atom stereocenters. The summed E-state index contributed by atoms with van der Waals surface area (Å²) in [5.74, 6) is -3.10. The highest BCUT2D eigenvalue weighted by Crippen LogP contribution is 2.13. The zero-order valence-electron chi connectivity index (χ0n) is 20.5. The number of imide groups is 1. The minimum absolute atomic E-state index is 0. The number of nitrogens with zero attached hydrogens (tertiary/aromatic N) is 2. The van der Waals surface area contributed by atoms with E-state index in [1.54, 1.807) is 41.5 Å². The van der Waals surface area contributed by atoms with Crippen LogP contribution in [-0.2, 0) is 33.5 Å². The molecule has 0 bridgehead atoms.